The number of hydrogen-bond acceptors (Lipinski definition) is 3. The number of carbonyl (C=O) groups excluding carboxylic acids is 2. The van der Waals surface area contributed by atoms with Crippen LogP contribution in [0.3, 0.4) is 0 Å². The summed E-state index contributed by atoms with van der Waals surface area (Å²) < 4.78 is 13.2. The molecule has 1 aliphatic rings. The minimum atomic E-state index is -0.541. The van der Waals surface area contributed by atoms with E-state index in [1.807, 2.05) is 17.0 Å². The number of anilines is 1. The largest absolute Gasteiger partial charge is 0.342 e. The summed E-state index contributed by atoms with van der Waals surface area (Å²) in [7, 11) is 0. The fourth-order valence-corrected chi connectivity index (χ4v) is 3.88. The topological polar surface area (TPSA) is 49.4 Å². The van der Waals surface area contributed by atoms with Crippen LogP contribution in [0.4, 0.5) is 10.1 Å². The third kappa shape index (κ3) is 4.56. The lowest BCUT2D eigenvalue weighted by atomic mass is 10.2. The zero-order valence-electron chi connectivity index (χ0n) is 14.0. The van der Waals surface area contributed by atoms with Gasteiger partial charge in [-0.1, -0.05) is 23.7 Å². The number of likely N-dealkylation sites (tertiary alicyclic amines) is 1. The van der Waals surface area contributed by atoms with Gasteiger partial charge < -0.3 is 10.2 Å². The van der Waals surface area contributed by atoms with Crippen LogP contribution in [-0.4, -0.2) is 35.6 Å². The molecule has 0 aromatic heterocycles. The first kappa shape index (κ1) is 18.7. The third-order valence-corrected chi connectivity index (χ3v) is 5.47. The van der Waals surface area contributed by atoms with Crippen LogP contribution in [0.2, 0.25) is 5.02 Å². The molecule has 0 atom stereocenters. The molecule has 1 N–H and O–H groups in total. The molecule has 1 fully saturated rings. The van der Waals surface area contributed by atoms with E-state index in [0.717, 1.165) is 30.8 Å². The molecule has 0 spiro atoms. The number of carbonyl (C=O) groups is 2. The summed E-state index contributed by atoms with van der Waals surface area (Å²) in [5, 5.41) is 2.66. The second-order valence-corrected chi connectivity index (χ2v) is 7.38. The van der Waals surface area contributed by atoms with Gasteiger partial charge in [0.25, 0.3) is 5.91 Å². The van der Waals surface area contributed by atoms with Gasteiger partial charge in [-0.05, 0) is 43.2 Å². The van der Waals surface area contributed by atoms with Gasteiger partial charge in [-0.15, -0.1) is 11.8 Å². The standard InChI is InChI=1S/C19H18ClFN2O2S/c20-15-11-13(7-8-16(15)21)22-19(25)14-5-1-2-6-17(14)26-12-18(24)23-9-3-4-10-23/h1-2,5-8,11H,3-4,9-10,12H2,(H,22,25). The molecule has 2 aromatic rings. The van der Waals surface area contributed by atoms with Crippen molar-refractivity contribution in [3.63, 3.8) is 0 Å². The number of thioether (sulfide) groups is 1. The molecule has 2 amide bonds. The second-order valence-electron chi connectivity index (χ2n) is 5.96. The summed E-state index contributed by atoms with van der Waals surface area (Å²) in [6, 6.07) is 11.1. The highest BCUT2D eigenvalue weighted by molar-refractivity contribution is 8.00. The Labute approximate surface area is 160 Å². The number of nitrogens with one attached hydrogen (secondary N) is 1. The molecule has 3 rings (SSSR count). The minimum absolute atomic E-state index is 0.0540. The van der Waals surface area contributed by atoms with E-state index in [0.29, 0.717) is 17.0 Å². The Balaban J connectivity index is 1.68. The zero-order chi connectivity index (χ0) is 18.5. The van der Waals surface area contributed by atoms with Crippen molar-refractivity contribution in [2.45, 2.75) is 17.7 Å². The van der Waals surface area contributed by atoms with Crippen molar-refractivity contribution in [1.29, 1.82) is 0 Å². The van der Waals surface area contributed by atoms with Crippen LogP contribution < -0.4 is 5.32 Å². The first-order valence-electron chi connectivity index (χ1n) is 8.30. The molecule has 4 nitrogen and oxygen atoms in total. The highest BCUT2D eigenvalue weighted by Gasteiger charge is 2.19. The minimum Gasteiger partial charge on any atom is -0.342 e. The number of halogens is 2. The molecule has 0 aliphatic carbocycles. The first-order valence-corrected chi connectivity index (χ1v) is 9.67. The summed E-state index contributed by atoms with van der Waals surface area (Å²) in [5.74, 6) is -0.481. The Kier molecular flexibility index (Phi) is 6.16. The van der Waals surface area contributed by atoms with Crippen molar-refractivity contribution < 1.29 is 14.0 Å². The summed E-state index contributed by atoms with van der Waals surface area (Å²) in [4.78, 5) is 27.4. The zero-order valence-corrected chi connectivity index (χ0v) is 15.6. The summed E-state index contributed by atoms with van der Waals surface area (Å²) >= 11 is 7.10. The molecule has 0 saturated carbocycles. The molecule has 1 saturated heterocycles. The van der Waals surface area contributed by atoms with E-state index < -0.39 is 5.82 Å². The Morgan fingerprint density at radius 2 is 1.88 bits per heavy atom. The van der Waals surface area contributed by atoms with Gasteiger partial charge in [-0.25, -0.2) is 4.39 Å². The second kappa shape index (κ2) is 8.56. The molecule has 136 valence electrons. The Morgan fingerprint density at radius 1 is 1.15 bits per heavy atom. The van der Waals surface area contributed by atoms with Crippen LogP contribution >= 0.6 is 23.4 Å². The highest BCUT2D eigenvalue weighted by Crippen LogP contribution is 2.25. The Bertz CT molecular complexity index is 825. The summed E-state index contributed by atoms with van der Waals surface area (Å²) in [6.07, 6.45) is 2.10. The number of rotatable bonds is 5. The van der Waals surface area contributed by atoms with E-state index in [1.54, 1.807) is 12.1 Å². The Hall–Kier alpha value is -2.05. The summed E-state index contributed by atoms with van der Waals surface area (Å²) in [5.41, 5.74) is 0.876. The monoisotopic (exact) mass is 392 g/mol. The number of nitrogens with zero attached hydrogens (tertiary/aromatic N) is 1. The quantitative estimate of drug-likeness (QED) is 0.765. The van der Waals surface area contributed by atoms with E-state index >= 15 is 0 Å². The van der Waals surface area contributed by atoms with E-state index in [1.165, 1.54) is 30.0 Å². The molecule has 2 aromatic carbocycles. The lowest BCUT2D eigenvalue weighted by molar-refractivity contribution is -0.127. The van der Waals surface area contributed by atoms with Crippen LogP contribution in [-0.2, 0) is 4.79 Å². The number of hydrogen-bond donors (Lipinski definition) is 1. The van der Waals surface area contributed by atoms with Crippen molar-refractivity contribution in [2.24, 2.45) is 0 Å². The van der Waals surface area contributed by atoms with Gasteiger partial charge in [0.15, 0.2) is 0 Å². The van der Waals surface area contributed by atoms with Crippen molar-refractivity contribution >= 4 is 40.9 Å². The molecule has 26 heavy (non-hydrogen) atoms. The van der Waals surface area contributed by atoms with E-state index in [4.69, 9.17) is 11.6 Å². The van der Waals surface area contributed by atoms with Crippen molar-refractivity contribution in [3.05, 3.63) is 58.9 Å². The van der Waals surface area contributed by atoms with Gasteiger partial charge in [0, 0.05) is 23.7 Å². The SMILES string of the molecule is O=C(Nc1ccc(F)c(Cl)c1)c1ccccc1SCC(=O)N1CCCC1. The summed E-state index contributed by atoms with van der Waals surface area (Å²) in [6.45, 7) is 1.62. The van der Waals surface area contributed by atoms with Crippen molar-refractivity contribution in [2.75, 3.05) is 24.2 Å². The van der Waals surface area contributed by atoms with Gasteiger partial charge in [0.1, 0.15) is 5.82 Å². The fourth-order valence-electron chi connectivity index (χ4n) is 2.75. The lowest BCUT2D eigenvalue weighted by Crippen LogP contribution is -2.29. The predicted molar refractivity (Wildman–Crippen MR) is 102 cm³/mol. The van der Waals surface area contributed by atoms with Crippen LogP contribution in [0.1, 0.15) is 23.2 Å². The number of benzene rings is 2. The molecule has 7 heteroatoms. The van der Waals surface area contributed by atoms with E-state index in [2.05, 4.69) is 5.32 Å². The van der Waals surface area contributed by atoms with Crippen LogP contribution in [0.25, 0.3) is 0 Å². The molecular weight excluding hydrogens is 375 g/mol. The molecule has 0 bridgehead atoms. The highest BCUT2D eigenvalue weighted by atomic mass is 35.5. The maximum absolute atomic E-state index is 13.2. The van der Waals surface area contributed by atoms with Gasteiger partial charge in [-0.2, -0.15) is 0 Å². The predicted octanol–water partition coefficient (Wildman–Crippen LogP) is 4.45. The van der Waals surface area contributed by atoms with Gasteiger partial charge in [0.2, 0.25) is 5.91 Å². The van der Waals surface area contributed by atoms with Crippen LogP contribution in [0.15, 0.2) is 47.4 Å². The van der Waals surface area contributed by atoms with Gasteiger partial charge >= 0.3 is 0 Å². The average molecular weight is 393 g/mol. The maximum Gasteiger partial charge on any atom is 0.256 e. The smallest absolute Gasteiger partial charge is 0.256 e. The van der Waals surface area contributed by atoms with Gasteiger partial charge in [-0.3, -0.25) is 9.59 Å². The van der Waals surface area contributed by atoms with Crippen molar-refractivity contribution in [3.8, 4) is 0 Å². The average Bonchev–Trinajstić information content (AvgIpc) is 3.18. The molecule has 0 radical (unpaired) electrons. The fraction of sp³-hybridized carbons (Fsp3) is 0.263. The Morgan fingerprint density at radius 3 is 2.62 bits per heavy atom. The van der Waals surface area contributed by atoms with E-state index in [9.17, 15) is 14.0 Å². The molecular formula is C19H18ClFN2O2S. The lowest BCUT2D eigenvalue weighted by Gasteiger charge is -2.15. The third-order valence-electron chi connectivity index (χ3n) is 4.12. The maximum atomic E-state index is 13.2. The number of amides is 2. The first-order chi connectivity index (χ1) is 12.5. The van der Waals surface area contributed by atoms with E-state index in [-0.39, 0.29) is 16.8 Å². The van der Waals surface area contributed by atoms with Gasteiger partial charge in [0.05, 0.1) is 16.3 Å². The van der Waals surface area contributed by atoms with Crippen molar-refractivity contribution in [1.82, 2.24) is 4.90 Å². The van der Waals surface area contributed by atoms with Crippen LogP contribution in [0, 0.1) is 5.82 Å². The molecule has 0 unspecified atom stereocenters. The normalized spacial score (nSPS) is 13.7. The van der Waals surface area contributed by atoms with Crippen LogP contribution in [0.5, 0.6) is 0 Å². The molecule has 1 aliphatic heterocycles. The molecule has 1 heterocycles.